The van der Waals surface area contributed by atoms with Crippen LogP contribution in [-0.4, -0.2) is 34.7 Å². The van der Waals surface area contributed by atoms with Crippen molar-refractivity contribution < 1.29 is 19.8 Å². The topological polar surface area (TPSA) is 86.6 Å². The smallest absolute Gasteiger partial charge is 0.307 e. The molecule has 0 radical (unpaired) electrons. The summed E-state index contributed by atoms with van der Waals surface area (Å²) in [5.41, 5.74) is -0.0110. The molecular formula is C16H25NO4. The monoisotopic (exact) mass is 295 g/mol. The molecule has 1 fully saturated rings. The van der Waals surface area contributed by atoms with Gasteiger partial charge in [0.1, 0.15) is 0 Å². The van der Waals surface area contributed by atoms with Crippen molar-refractivity contribution in [1.29, 1.82) is 0 Å². The Bertz CT molecular complexity index is 452. The first-order valence-electron chi connectivity index (χ1n) is 7.56. The minimum atomic E-state index is -0.901. The third-order valence-corrected chi connectivity index (χ3v) is 4.41. The molecule has 1 saturated carbocycles. The van der Waals surface area contributed by atoms with E-state index >= 15 is 0 Å². The summed E-state index contributed by atoms with van der Waals surface area (Å²) < 4.78 is 0. The Morgan fingerprint density at radius 1 is 1.24 bits per heavy atom. The summed E-state index contributed by atoms with van der Waals surface area (Å²) in [6, 6.07) is 0. The largest absolute Gasteiger partial charge is 0.481 e. The number of aliphatic hydroxyl groups excluding tert-OH is 1. The summed E-state index contributed by atoms with van der Waals surface area (Å²) in [6.45, 7) is 6.26. The average molecular weight is 295 g/mol. The molecule has 1 amide bonds. The molecule has 5 nitrogen and oxygen atoms in total. The Kier molecular flexibility index (Phi) is 4.42. The summed E-state index contributed by atoms with van der Waals surface area (Å²) in [6.07, 6.45) is 4.61. The highest BCUT2D eigenvalue weighted by atomic mass is 16.4. The Hall–Kier alpha value is -1.36. The number of carboxylic acids is 1. The van der Waals surface area contributed by atoms with E-state index in [1.807, 2.05) is 32.9 Å². The van der Waals surface area contributed by atoms with E-state index in [1.165, 1.54) is 0 Å². The SMILES string of the molecule is CC(C)(C)CC(O)CNC(=O)[C@H]1C2C=CC(C2)[C@H]1C(=O)O. The lowest BCUT2D eigenvalue weighted by Gasteiger charge is -2.26. The molecule has 21 heavy (non-hydrogen) atoms. The summed E-state index contributed by atoms with van der Waals surface area (Å²) in [5, 5.41) is 22.0. The molecule has 118 valence electrons. The minimum Gasteiger partial charge on any atom is -0.481 e. The summed E-state index contributed by atoms with van der Waals surface area (Å²) >= 11 is 0. The van der Waals surface area contributed by atoms with Crippen molar-refractivity contribution in [2.24, 2.45) is 29.1 Å². The van der Waals surface area contributed by atoms with Gasteiger partial charge in [-0.05, 0) is 30.1 Å². The number of carbonyl (C=O) groups excluding carboxylic acids is 1. The van der Waals surface area contributed by atoms with E-state index in [2.05, 4.69) is 5.32 Å². The number of carboxylic acid groups (broad SMARTS) is 1. The van der Waals surface area contributed by atoms with Crippen molar-refractivity contribution in [2.75, 3.05) is 6.54 Å². The lowest BCUT2D eigenvalue weighted by molar-refractivity contribution is -0.147. The third-order valence-electron chi connectivity index (χ3n) is 4.41. The average Bonchev–Trinajstić information content (AvgIpc) is 2.93. The molecule has 0 saturated heterocycles. The van der Waals surface area contributed by atoms with Gasteiger partial charge < -0.3 is 15.5 Å². The number of rotatable bonds is 5. The second kappa shape index (κ2) is 5.79. The molecule has 3 unspecified atom stereocenters. The number of hydrogen-bond donors (Lipinski definition) is 3. The number of carbonyl (C=O) groups is 2. The lowest BCUT2D eigenvalue weighted by Crippen LogP contribution is -2.43. The van der Waals surface area contributed by atoms with E-state index in [9.17, 15) is 19.8 Å². The first-order valence-corrected chi connectivity index (χ1v) is 7.56. The molecule has 5 atom stereocenters. The van der Waals surface area contributed by atoms with Crippen LogP contribution in [0.1, 0.15) is 33.6 Å². The number of nitrogens with one attached hydrogen (secondary N) is 1. The maximum atomic E-state index is 12.3. The highest BCUT2D eigenvalue weighted by Gasteiger charge is 2.51. The fourth-order valence-electron chi connectivity index (χ4n) is 3.63. The molecular weight excluding hydrogens is 270 g/mol. The molecule has 2 aliphatic rings. The molecule has 3 N–H and O–H groups in total. The lowest BCUT2D eigenvalue weighted by atomic mass is 9.82. The Labute approximate surface area is 125 Å². The van der Waals surface area contributed by atoms with Gasteiger partial charge in [-0.25, -0.2) is 0 Å². The summed E-state index contributed by atoms with van der Waals surface area (Å²) in [4.78, 5) is 23.7. The molecule has 0 aromatic heterocycles. The molecule has 0 spiro atoms. The highest BCUT2D eigenvalue weighted by Crippen LogP contribution is 2.48. The van der Waals surface area contributed by atoms with Crippen LogP contribution in [0.5, 0.6) is 0 Å². The third kappa shape index (κ3) is 3.64. The standard InChI is InChI=1S/C16H25NO4/c1-16(2,3)7-11(18)8-17-14(19)12-9-4-5-10(6-9)13(12)15(20)21/h4-5,9-13,18H,6-8H2,1-3H3,(H,17,19)(H,20,21)/t9?,10?,11?,12-,13+/m0/s1. The van der Waals surface area contributed by atoms with Crippen LogP contribution in [0.3, 0.4) is 0 Å². The second-order valence-electron chi connectivity index (χ2n) is 7.50. The van der Waals surface area contributed by atoms with Gasteiger partial charge in [-0.3, -0.25) is 9.59 Å². The van der Waals surface area contributed by atoms with E-state index in [1.54, 1.807) is 0 Å². The number of allylic oxidation sites excluding steroid dienone is 2. The van der Waals surface area contributed by atoms with Crippen LogP contribution >= 0.6 is 0 Å². The number of amides is 1. The zero-order valence-corrected chi connectivity index (χ0v) is 12.9. The molecule has 2 bridgehead atoms. The molecule has 0 aromatic rings. The second-order valence-corrected chi connectivity index (χ2v) is 7.50. The van der Waals surface area contributed by atoms with E-state index in [0.717, 1.165) is 6.42 Å². The van der Waals surface area contributed by atoms with Crippen LogP contribution in [0.4, 0.5) is 0 Å². The van der Waals surface area contributed by atoms with Gasteiger partial charge in [0, 0.05) is 6.54 Å². The fourth-order valence-corrected chi connectivity index (χ4v) is 3.63. The zero-order valence-electron chi connectivity index (χ0n) is 12.9. The minimum absolute atomic E-state index is 0.0110. The number of aliphatic hydroxyl groups is 1. The summed E-state index contributed by atoms with van der Waals surface area (Å²) in [7, 11) is 0. The van der Waals surface area contributed by atoms with Gasteiger partial charge in [-0.2, -0.15) is 0 Å². The van der Waals surface area contributed by atoms with Crippen LogP contribution in [0.25, 0.3) is 0 Å². The van der Waals surface area contributed by atoms with Crippen LogP contribution in [0.15, 0.2) is 12.2 Å². The quantitative estimate of drug-likeness (QED) is 0.670. The van der Waals surface area contributed by atoms with Gasteiger partial charge in [-0.15, -0.1) is 0 Å². The Morgan fingerprint density at radius 2 is 1.81 bits per heavy atom. The molecule has 2 aliphatic carbocycles. The predicted octanol–water partition coefficient (Wildman–Crippen LogP) is 1.42. The highest BCUT2D eigenvalue weighted by molar-refractivity contribution is 5.86. The number of aliphatic carboxylic acids is 1. The van der Waals surface area contributed by atoms with Crippen molar-refractivity contribution in [3.63, 3.8) is 0 Å². The maximum absolute atomic E-state index is 12.3. The molecule has 0 aromatic carbocycles. The molecule has 0 aliphatic heterocycles. The van der Waals surface area contributed by atoms with Gasteiger partial charge in [0.05, 0.1) is 17.9 Å². The molecule has 2 rings (SSSR count). The van der Waals surface area contributed by atoms with E-state index in [4.69, 9.17) is 0 Å². The number of fused-ring (bicyclic) bond motifs is 2. The van der Waals surface area contributed by atoms with Crippen LogP contribution in [0.2, 0.25) is 0 Å². The van der Waals surface area contributed by atoms with Crippen LogP contribution in [-0.2, 0) is 9.59 Å². The maximum Gasteiger partial charge on any atom is 0.307 e. The zero-order chi connectivity index (χ0) is 15.8. The van der Waals surface area contributed by atoms with E-state index in [-0.39, 0.29) is 29.7 Å². The van der Waals surface area contributed by atoms with Gasteiger partial charge in [-0.1, -0.05) is 32.9 Å². The van der Waals surface area contributed by atoms with Crippen molar-refractivity contribution in [3.05, 3.63) is 12.2 Å². The normalized spacial score (nSPS) is 32.2. The van der Waals surface area contributed by atoms with Crippen LogP contribution in [0, 0.1) is 29.1 Å². The van der Waals surface area contributed by atoms with E-state index in [0.29, 0.717) is 6.42 Å². The Balaban J connectivity index is 1.91. The Morgan fingerprint density at radius 3 is 2.33 bits per heavy atom. The van der Waals surface area contributed by atoms with Gasteiger partial charge >= 0.3 is 5.97 Å². The van der Waals surface area contributed by atoms with Gasteiger partial charge in [0.15, 0.2) is 0 Å². The van der Waals surface area contributed by atoms with Crippen molar-refractivity contribution >= 4 is 11.9 Å². The fraction of sp³-hybridized carbons (Fsp3) is 0.750. The predicted molar refractivity (Wildman–Crippen MR) is 78.4 cm³/mol. The molecule has 0 heterocycles. The van der Waals surface area contributed by atoms with Crippen molar-refractivity contribution in [3.8, 4) is 0 Å². The summed E-state index contributed by atoms with van der Waals surface area (Å²) in [5.74, 6) is -2.27. The number of hydrogen-bond acceptors (Lipinski definition) is 3. The van der Waals surface area contributed by atoms with Gasteiger partial charge in [0.25, 0.3) is 0 Å². The molecule has 5 heteroatoms. The van der Waals surface area contributed by atoms with Crippen LogP contribution < -0.4 is 5.32 Å². The first kappa shape index (κ1) is 16.0. The van der Waals surface area contributed by atoms with E-state index < -0.39 is 23.9 Å². The van der Waals surface area contributed by atoms with Gasteiger partial charge in [0.2, 0.25) is 5.91 Å². The van der Waals surface area contributed by atoms with Crippen molar-refractivity contribution in [2.45, 2.75) is 39.7 Å². The first-order chi connectivity index (χ1) is 9.69. The van der Waals surface area contributed by atoms with Crippen molar-refractivity contribution in [1.82, 2.24) is 5.32 Å².